The highest BCUT2D eigenvalue weighted by Gasteiger charge is 2.10. The van der Waals surface area contributed by atoms with E-state index in [2.05, 4.69) is 0 Å². The van der Waals surface area contributed by atoms with E-state index in [-0.39, 0.29) is 5.78 Å². The normalized spacial score (nSPS) is 9.85. The van der Waals surface area contributed by atoms with Crippen molar-refractivity contribution in [3.8, 4) is 5.75 Å². The summed E-state index contributed by atoms with van der Waals surface area (Å²) in [5.74, 6) is -0.201. The molecule has 0 saturated carbocycles. The van der Waals surface area contributed by atoms with Gasteiger partial charge in [-0.2, -0.15) is 0 Å². The van der Waals surface area contributed by atoms with E-state index in [1.54, 1.807) is 6.92 Å². The summed E-state index contributed by atoms with van der Waals surface area (Å²) in [6.07, 6.45) is 0. The van der Waals surface area contributed by atoms with Gasteiger partial charge in [-0.3, -0.25) is 4.79 Å². The molecule has 0 spiro atoms. The van der Waals surface area contributed by atoms with Gasteiger partial charge in [-0.15, -0.1) is 0 Å². The predicted octanol–water partition coefficient (Wildman–Crippen LogP) is 2.35. The minimum Gasteiger partial charge on any atom is -0.496 e. The summed E-state index contributed by atoms with van der Waals surface area (Å²) in [6, 6.07) is 2.49. The zero-order valence-electron chi connectivity index (χ0n) is 7.85. The summed E-state index contributed by atoms with van der Waals surface area (Å²) in [4.78, 5) is 11.1. The van der Waals surface area contributed by atoms with Gasteiger partial charge in [0.1, 0.15) is 11.6 Å². The highest BCUT2D eigenvalue weighted by molar-refractivity contribution is 5.96. The second kappa shape index (κ2) is 3.56. The number of carbonyl (C=O) groups is 1. The molecule has 0 heterocycles. The van der Waals surface area contributed by atoms with Gasteiger partial charge < -0.3 is 4.74 Å². The minimum atomic E-state index is -0.451. The van der Waals surface area contributed by atoms with Crippen LogP contribution in [0.3, 0.4) is 0 Å². The maximum atomic E-state index is 12.9. The monoisotopic (exact) mass is 182 g/mol. The highest BCUT2D eigenvalue weighted by atomic mass is 19.1. The van der Waals surface area contributed by atoms with Crippen molar-refractivity contribution in [2.45, 2.75) is 13.8 Å². The van der Waals surface area contributed by atoms with Gasteiger partial charge in [0.25, 0.3) is 0 Å². The van der Waals surface area contributed by atoms with Crippen LogP contribution in [-0.4, -0.2) is 12.9 Å². The lowest BCUT2D eigenvalue weighted by atomic mass is 10.0. The quantitative estimate of drug-likeness (QED) is 0.656. The summed E-state index contributed by atoms with van der Waals surface area (Å²) in [5, 5.41) is 0. The summed E-state index contributed by atoms with van der Waals surface area (Å²) in [5.41, 5.74) is 1.05. The molecule has 1 rings (SSSR count). The van der Waals surface area contributed by atoms with Crippen LogP contribution in [-0.2, 0) is 0 Å². The number of hydrogen-bond donors (Lipinski definition) is 0. The number of benzene rings is 1. The molecule has 0 N–H and O–H groups in total. The number of halogens is 1. The third-order valence-electron chi connectivity index (χ3n) is 1.92. The van der Waals surface area contributed by atoms with E-state index < -0.39 is 5.82 Å². The van der Waals surface area contributed by atoms with E-state index in [1.165, 1.54) is 26.2 Å². The molecular weight excluding hydrogens is 171 g/mol. The molecule has 13 heavy (non-hydrogen) atoms. The SMILES string of the molecule is COc1cc(F)cc(C(C)=O)c1C. The van der Waals surface area contributed by atoms with E-state index >= 15 is 0 Å². The van der Waals surface area contributed by atoms with Crippen LogP contribution in [0.2, 0.25) is 0 Å². The third kappa shape index (κ3) is 1.86. The minimum absolute atomic E-state index is 0.157. The lowest BCUT2D eigenvalue weighted by molar-refractivity contribution is 0.101. The number of carbonyl (C=O) groups excluding carboxylic acids is 1. The van der Waals surface area contributed by atoms with Crippen LogP contribution in [0.5, 0.6) is 5.75 Å². The molecule has 1 aromatic rings. The highest BCUT2D eigenvalue weighted by Crippen LogP contribution is 2.23. The molecule has 0 aliphatic carbocycles. The maximum absolute atomic E-state index is 12.9. The Kier molecular flexibility index (Phi) is 2.66. The number of ether oxygens (including phenoxy) is 1. The molecule has 0 aromatic heterocycles. The molecule has 0 radical (unpaired) electrons. The molecule has 70 valence electrons. The summed E-state index contributed by atoms with van der Waals surface area (Å²) >= 11 is 0. The second-order valence-corrected chi connectivity index (χ2v) is 2.84. The Hall–Kier alpha value is -1.38. The Labute approximate surface area is 76.3 Å². The summed E-state index contributed by atoms with van der Waals surface area (Å²) in [7, 11) is 1.45. The van der Waals surface area contributed by atoms with Crippen LogP contribution in [0.4, 0.5) is 4.39 Å². The molecular formula is C10H11FO2. The molecule has 0 unspecified atom stereocenters. The third-order valence-corrected chi connectivity index (χ3v) is 1.92. The molecule has 0 aliphatic heterocycles. The van der Waals surface area contributed by atoms with Gasteiger partial charge in [-0.05, 0) is 19.9 Å². The molecule has 2 nitrogen and oxygen atoms in total. The van der Waals surface area contributed by atoms with E-state index in [1.807, 2.05) is 0 Å². The van der Waals surface area contributed by atoms with E-state index in [4.69, 9.17) is 4.74 Å². The van der Waals surface area contributed by atoms with E-state index in [0.29, 0.717) is 16.9 Å². The molecule has 0 fully saturated rings. The largest absolute Gasteiger partial charge is 0.496 e. The topological polar surface area (TPSA) is 26.3 Å². The zero-order valence-corrected chi connectivity index (χ0v) is 7.85. The van der Waals surface area contributed by atoms with Crippen molar-refractivity contribution in [3.05, 3.63) is 29.1 Å². The van der Waals surface area contributed by atoms with Crippen molar-refractivity contribution in [3.63, 3.8) is 0 Å². The summed E-state index contributed by atoms with van der Waals surface area (Å²) in [6.45, 7) is 3.14. The molecule has 1 aromatic carbocycles. The average molecular weight is 182 g/mol. The second-order valence-electron chi connectivity index (χ2n) is 2.84. The Morgan fingerprint density at radius 2 is 2.08 bits per heavy atom. The Bertz CT molecular complexity index is 345. The van der Waals surface area contributed by atoms with Crippen LogP contribution in [0, 0.1) is 12.7 Å². The first-order chi connectivity index (χ1) is 6.06. The predicted molar refractivity (Wildman–Crippen MR) is 47.7 cm³/mol. The van der Waals surface area contributed by atoms with Crippen molar-refractivity contribution in [1.82, 2.24) is 0 Å². The number of methoxy groups -OCH3 is 1. The standard InChI is InChI=1S/C10H11FO2/c1-6-9(7(2)12)4-8(11)5-10(6)13-3/h4-5H,1-3H3. The fraction of sp³-hybridized carbons (Fsp3) is 0.300. The fourth-order valence-corrected chi connectivity index (χ4v) is 1.23. The van der Waals surface area contributed by atoms with Crippen LogP contribution in [0.25, 0.3) is 0 Å². The van der Waals surface area contributed by atoms with Crippen molar-refractivity contribution in [1.29, 1.82) is 0 Å². The smallest absolute Gasteiger partial charge is 0.160 e. The lowest BCUT2D eigenvalue weighted by Gasteiger charge is -2.07. The van der Waals surface area contributed by atoms with Crippen LogP contribution in [0.1, 0.15) is 22.8 Å². The van der Waals surface area contributed by atoms with Gasteiger partial charge in [0.15, 0.2) is 5.78 Å². The van der Waals surface area contributed by atoms with Crippen molar-refractivity contribution >= 4 is 5.78 Å². The van der Waals surface area contributed by atoms with Crippen LogP contribution < -0.4 is 4.74 Å². The Morgan fingerprint density at radius 1 is 1.46 bits per heavy atom. The number of Topliss-reactive ketones (excluding diaryl/α,β-unsaturated/α-hetero) is 1. The van der Waals surface area contributed by atoms with Gasteiger partial charge in [0.2, 0.25) is 0 Å². The zero-order chi connectivity index (χ0) is 10.0. The molecule has 3 heteroatoms. The lowest BCUT2D eigenvalue weighted by Crippen LogP contribution is -2.00. The Balaban J connectivity index is 3.35. The maximum Gasteiger partial charge on any atom is 0.160 e. The van der Waals surface area contributed by atoms with Crippen LogP contribution >= 0.6 is 0 Å². The molecule has 0 aliphatic rings. The van der Waals surface area contributed by atoms with Gasteiger partial charge in [-0.1, -0.05) is 0 Å². The molecule has 0 amide bonds. The van der Waals surface area contributed by atoms with Crippen LogP contribution in [0.15, 0.2) is 12.1 Å². The number of rotatable bonds is 2. The van der Waals surface area contributed by atoms with Gasteiger partial charge >= 0.3 is 0 Å². The van der Waals surface area contributed by atoms with E-state index in [9.17, 15) is 9.18 Å². The molecule has 0 saturated heterocycles. The first kappa shape index (κ1) is 9.71. The van der Waals surface area contributed by atoms with Crippen molar-refractivity contribution in [2.24, 2.45) is 0 Å². The van der Waals surface area contributed by atoms with Crippen molar-refractivity contribution in [2.75, 3.05) is 7.11 Å². The number of ketones is 1. The van der Waals surface area contributed by atoms with Gasteiger partial charge in [0, 0.05) is 17.2 Å². The fourth-order valence-electron chi connectivity index (χ4n) is 1.23. The first-order valence-corrected chi connectivity index (χ1v) is 3.91. The van der Waals surface area contributed by atoms with E-state index in [0.717, 1.165) is 0 Å². The molecule has 0 atom stereocenters. The van der Waals surface area contributed by atoms with Crippen molar-refractivity contribution < 1.29 is 13.9 Å². The molecule has 0 bridgehead atoms. The summed E-state index contributed by atoms with van der Waals surface area (Å²) < 4.78 is 17.8. The first-order valence-electron chi connectivity index (χ1n) is 3.91. The van der Waals surface area contributed by atoms with Gasteiger partial charge in [0.05, 0.1) is 7.11 Å². The average Bonchev–Trinajstić information content (AvgIpc) is 2.08. The number of hydrogen-bond acceptors (Lipinski definition) is 2. The Morgan fingerprint density at radius 3 is 2.54 bits per heavy atom. The van der Waals surface area contributed by atoms with Gasteiger partial charge in [-0.25, -0.2) is 4.39 Å².